The fraction of sp³-hybridized carbons (Fsp3) is 0.778. The number of hydrogen-bond donors (Lipinski definition) is 1. The minimum Gasteiger partial charge on any atom is -0.396 e. The molecule has 1 nitrogen and oxygen atoms in total. The fourth-order valence-electron chi connectivity index (χ4n) is 2.39. The lowest BCUT2D eigenvalue weighted by molar-refractivity contribution is 0.244. The zero-order chi connectivity index (χ0) is 6.97. The molecule has 0 heterocycles. The Hall–Kier alpha value is -0.300. The van der Waals surface area contributed by atoms with Gasteiger partial charge in [0, 0.05) is 6.61 Å². The molecular formula is C9H14O. The van der Waals surface area contributed by atoms with Gasteiger partial charge in [-0.15, -0.1) is 0 Å². The predicted octanol–water partition coefficient (Wildman–Crippen LogP) is 1.58. The van der Waals surface area contributed by atoms with Crippen LogP contribution >= 0.6 is 0 Å². The van der Waals surface area contributed by atoms with Crippen molar-refractivity contribution in [3.05, 3.63) is 12.2 Å². The molecule has 1 fully saturated rings. The molecule has 0 spiro atoms. The highest BCUT2D eigenvalue weighted by Gasteiger charge is 2.34. The molecule has 0 aromatic carbocycles. The molecule has 2 rings (SSSR count). The molecule has 2 aliphatic carbocycles. The molecule has 0 aliphatic heterocycles. The van der Waals surface area contributed by atoms with Gasteiger partial charge in [-0.1, -0.05) is 12.2 Å². The molecular weight excluding hydrogens is 124 g/mol. The summed E-state index contributed by atoms with van der Waals surface area (Å²) in [4.78, 5) is 0. The Bertz CT molecular complexity index is 151. The molecule has 1 heteroatoms. The Morgan fingerprint density at radius 1 is 1.30 bits per heavy atom. The number of aliphatic hydroxyl groups excluding tert-OH is 1. The third kappa shape index (κ3) is 0.891. The lowest BCUT2D eigenvalue weighted by Gasteiger charge is -2.15. The van der Waals surface area contributed by atoms with Crippen LogP contribution in [0.25, 0.3) is 0 Å². The normalized spacial score (nSPS) is 43.1. The molecule has 0 aromatic rings. The third-order valence-electron chi connectivity index (χ3n) is 2.92. The van der Waals surface area contributed by atoms with E-state index >= 15 is 0 Å². The number of fused-ring (bicyclic) bond motifs is 2. The summed E-state index contributed by atoms with van der Waals surface area (Å²) in [6, 6.07) is 0. The van der Waals surface area contributed by atoms with Gasteiger partial charge in [0.2, 0.25) is 0 Å². The van der Waals surface area contributed by atoms with Gasteiger partial charge in [0.1, 0.15) is 0 Å². The van der Waals surface area contributed by atoms with Crippen LogP contribution in [0.15, 0.2) is 12.2 Å². The van der Waals surface area contributed by atoms with Crippen molar-refractivity contribution < 1.29 is 5.11 Å². The Morgan fingerprint density at radius 3 is 2.70 bits per heavy atom. The van der Waals surface area contributed by atoms with Gasteiger partial charge in [-0.25, -0.2) is 0 Å². The van der Waals surface area contributed by atoms with E-state index in [9.17, 15) is 0 Å². The second-order valence-electron chi connectivity index (χ2n) is 3.55. The van der Waals surface area contributed by atoms with Crippen LogP contribution in [-0.4, -0.2) is 11.7 Å². The highest BCUT2D eigenvalue weighted by atomic mass is 16.3. The lowest BCUT2D eigenvalue weighted by atomic mass is 9.91. The average molecular weight is 138 g/mol. The Balaban J connectivity index is 1.96. The zero-order valence-corrected chi connectivity index (χ0v) is 6.16. The molecule has 3 atom stereocenters. The van der Waals surface area contributed by atoms with Crippen molar-refractivity contribution in [1.82, 2.24) is 0 Å². The zero-order valence-electron chi connectivity index (χ0n) is 6.16. The molecule has 56 valence electrons. The van der Waals surface area contributed by atoms with E-state index in [1.807, 2.05) is 0 Å². The predicted molar refractivity (Wildman–Crippen MR) is 40.5 cm³/mol. The first-order chi connectivity index (χ1) is 4.90. The Morgan fingerprint density at radius 2 is 2.20 bits per heavy atom. The first-order valence-electron chi connectivity index (χ1n) is 4.19. The average Bonchev–Trinajstić information content (AvgIpc) is 2.48. The van der Waals surface area contributed by atoms with Crippen LogP contribution < -0.4 is 0 Å². The monoisotopic (exact) mass is 138 g/mol. The van der Waals surface area contributed by atoms with Gasteiger partial charge in [0.05, 0.1) is 0 Å². The SMILES string of the molecule is OCC[C@H]1C[C@@H]2C=C[C@H]1C2. The van der Waals surface area contributed by atoms with Crippen LogP contribution in [0.3, 0.4) is 0 Å². The molecule has 2 bridgehead atoms. The molecule has 10 heavy (non-hydrogen) atoms. The Labute approximate surface area is 61.8 Å². The van der Waals surface area contributed by atoms with Gasteiger partial charge in [-0.05, 0) is 37.0 Å². The first kappa shape index (κ1) is 6.41. The van der Waals surface area contributed by atoms with E-state index in [4.69, 9.17) is 5.11 Å². The van der Waals surface area contributed by atoms with E-state index in [0.29, 0.717) is 6.61 Å². The van der Waals surface area contributed by atoms with Crippen molar-refractivity contribution in [2.24, 2.45) is 17.8 Å². The molecule has 0 aromatic heterocycles. The van der Waals surface area contributed by atoms with Crippen LogP contribution in [0, 0.1) is 17.8 Å². The van der Waals surface area contributed by atoms with Gasteiger partial charge >= 0.3 is 0 Å². The highest BCUT2D eigenvalue weighted by Crippen LogP contribution is 2.44. The van der Waals surface area contributed by atoms with Crippen molar-refractivity contribution in [2.45, 2.75) is 19.3 Å². The summed E-state index contributed by atoms with van der Waals surface area (Å²) in [7, 11) is 0. The second kappa shape index (κ2) is 2.39. The maximum atomic E-state index is 8.73. The summed E-state index contributed by atoms with van der Waals surface area (Å²) in [6.45, 7) is 0.377. The van der Waals surface area contributed by atoms with Crippen LogP contribution in [0.4, 0.5) is 0 Å². The summed E-state index contributed by atoms with van der Waals surface area (Å²) in [5.74, 6) is 2.48. The smallest absolute Gasteiger partial charge is 0.0433 e. The highest BCUT2D eigenvalue weighted by molar-refractivity contribution is 5.09. The number of hydrogen-bond acceptors (Lipinski definition) is 1. The maximum absolute atomic E-state index is 8.73. The third-order valence-corrected chi connectivity index (χ3v) is 2.92. The second-order valence-corrected chi connectivity index (χ2v) is 3.55. The standard InChI is InChI=1S/C9H14O/c10-4-3-9-6-7-1-2-8(9)5-7/h1-2,7-10H,3-6H2/t7-,8+,9+/m1/s1. The van der Waals surface area contributed by atoms with E-state index < -0.39 is 0 Å². The lowest BCUT2D eigenvalue weighted by Crippen LogP contribution is -2.08. The molecule has 2 aliphatic rings. The van der Waals surface area contributed by atoms with E-state index in [1.54, 1.807) is 0 Å². The quantitative estimate of drug-likeness (QED) is 0.574. The van der Waals surface area contributed by atoms with E-state index in [-0.39, 0.29) is 0 Å². The maximum Gasteiger partial charge on any atom is 0.0433 e. The van der Waals surface area contributed by atoms with Gasteiger partial charge in [-0.2, -0.15) is 0 Å². The van der Waals surface area contributed by atoms with E-state index in [2.05, 4.69) is 12.2 Å². The summed E-state index contributed by atoms with van der Waals surface area (Å²) >= 11 is 0. The summed E-state index contributed by atoms with van der Waals surface area (Å²) in [6.07, 6.45) is 8.41. The molecule has 1 N–H and O–H groups in total. The summed E-state index contributed by atoms with van der Waals surface area (Å²) in [5.41, 5.74) is 0. The van der Waals surface area contributed by atoms with E-state index in [1.165, 1.54) is 12.8 Å². The topological polar surface area (TPSA) is 20.2 Å². The summed E-state index contributed by atoms with van der Waals surface area (Å²) < 4.78 is 0. The van der Waals surface area contributed by atoms with Crippen LogP contribution in [0.2, 0.25) is 0 Å². The van der Waals surface area contributed by atoms with Crippen molar-refractivity contribution in [3.8, 4) is 0 Å². The first-order valence-corrected chi connectivity index (χ1v) is 4.19. The van der Waals surface area contributed by atoms with Crippen LogP contribution in [0.1, 0.15) is 19.3 Å². The van der Waals surface area contributed by atoms with Gasteiger partial charge in [0.25, 0.3) is 0 Å². The Kier molecular flexibility index (Phi) is 1.53. The van der Waals surface area contributed by atoms with Crippen molar-refractivity contribution in [2.75, 3.05) is 6.61 Å². The summed E-state index contributed by atoms with van der Waals surface area (Å²) in [5, 5.41) is 8.73. The molecule has 0 amide bonds. The van der Waals surface area contributed by atoms with Crippen molar-refractivity contribution in [3.63, 3.8) is 0 Å². The molecule has 1 saturated carbocycles. The molecule has 0 radical (unpaired) electrons. The number of allylic oxidation sites excluding steroid dienone is 2. The van der Waals surface area contributed by atoms with Crippen LogP contribution in [0.5, 0.6) is 0 Å². The molecule has 0 unspecified atom stereocenters. The van der Waals surface area contributed by atoms with Crippen LogP contribution in [-0.2, 0) is 0 Å². The van der Waals surface area contributed by atoms with E-state index in [0.717, 1.165) is 24.2 Å². The largest absolute Gasteiger partial charge is 0.396 e. The van der Waals surface area contributed by atoms with Crippen molar-refractivity contribution >= 4 is 0 Å². The van der Waals surface area contributed by atoms with Crippen molar-refractivity contribution in [1.29, 1.82) is 0 Å². The molecule has 0 saturated heterocycles. The minimum absolute atomic E-state index is 0.377. The minimum atomic E-state index is 0.377. The number of aliphatic hydroxyl groups is 1. The van der Waals surface area contributed by atoms with Gasteiger partial charge in [0.15, 0.2) is 0 Å². The number of rotatable bonds is 2. The van der Waals surface area contributed by atoms with Gasteiger partial charge < -0.3 is 5.11 Å². The van der Waals surface area contributed by atoms with Gasteiger partial charge in [-0.3, -0.25) is 0 Å². The fourth-order valence-corrected chi connectivity index (χ4v) is 2.39.